The standard InChI is InChI=1S/C35H60N10O8/c1-5-21(4)28(42-31(49)25-12-7-16-44(25)32(50)22(36)18-20(2)3)33(51)45-17-8-11-24(45)30(48)41-23(10-6-14-39-35(37)38)29(47)40-19-27(46)43-15-9-13-26(43)34(52)53/h20-26,28H,5-19,36H2,1-4H3,(H,40,47)(H,41,48)(H,42,49)(H,52,53)(H4,37,38,39). The topological polar surface area (TPSA) is 273 Å². The lowest BCUT2D eigenvalue weighted by molar-refractivity contribution is -0.148. The van der Waals surface area contributed by atoms with Crippen LogP contribution in [0.15, 0.2) is 0 Å². The van der Waals surface area contributed by atoms with Crippen LogP contribution in [0.25, 0.3) is 0 Å². The van der Waals surface area contributed by atoms with Gasteiger partial charge in [0.15, 0.2) is 5.96 Å². The van der Waals surface area contributed by atoms with Gasteiger partial charge >= 0.3 is 5.97 Å². The molecule has 53 heavy (non-hydrogen) atoms. The molecule has 18 nitrogen and oxygen atoms in total. The first kappa shape index (κ1) is 42.9. The van der Waals surface area contributed by atoms with E-state index >= 15 is 0 Å². The Morgan fingerprint density at radius 2 is 1.36 bits per heavy atom. The van der Waals surface area contributed by atoms with Crippen LogP contribution in [0.1, 0.15) is 91.9 Å². The zero-order valence-corrected chi connectivity index (χ0v) is 31.5. The van der Waals surface area contributed by atoms with Gasteiger partial charge in [-0.1, -0.05) is 34.1 Å². The lowest BCUT2D eigenvalue weighted by Gasteiger charge is -2.33. The number of carbonyl (C=O) groups is 7. The molecule has 3 saturated heterocycles. The summed E-state index contributed by atoms with van der Waals surface area (Å²) in [6.07, 6.45) is 4.21. The van der Waals surface area contributed by atoms with Gasteiger partial charge in [-0.3, -0.25) is 34.2 Å². The summed E-state index contributed by atoms with van der Waals surface area (Å²) in [4.78, 5) is 96.7. The summed E-state index contributed by atoms with van der Waals surface area (Å²) < 4.78 is 0. The average Bonchev–Trinajstić information content (AvgIpc) is 3.90. The van der Waals surface area contributed by atoms with Crippen molar-refractivity contribution < 1.29 is 38.7 Å². The summed E-state index contributed by atoms with van der Waals surface area (Å²) in [7, 11) is 0. The second-order valence-corrected chi connectivity index (χ2v) is 14.8. The average molecular weight is 749 g/mol. The van der Waals surface area contributed by atoms with Crippen LogP contribution in [0.3, 0.4) is 0 Å². The highest BCUT2D eigenvalue weighted by atomic mass is 16.4. The molecule has 0 aliphatic carbocycles. The van der Waals surface area contributed by atoms with Crippen molar-refractivity contribution in [2.45, 2.75) is 128 Å². The van der Waals surface area contributed by atoms with E-state index in [0.717, 1.165) is 0 Å². The Kier molecular flexibility index (Phi) is 16.3. The molecule has 0 aromatic carbocycles. The maximum atomic E-state index is 14.2. The van der Waals surface area contributed by atoms with Crippen molar-refractivity contribution >= 4 is 47.4 Å². The van der Waals surface area contributed by atoms with Crippen molar-refractivity contribution in [3.05, 3.63) is 0 Å². The molecule has 0 bridgehead atoms. The summed E-state index contributed by atoms with van der Waals surface area (Å²) in [5, 5.41) is 27.6. The Morgan fingerprint density at radius 3 is 1.91 bits per heavy atom. The van der Waals surface area contributed by atoms with Crippen LogP contribution in [0.4, 0.5) is 0 Å². The minimum absolute atomic E-state index is 0.108. The van der Waals surface area contributed by atoms with Crippen molar-refractivity contribution in [1.29, 1.82) is 5.41 Å². The number of carbonyl (C=O) groups excluding carboxylic acids is 6. The number of aliphatic carboxylic acids is 1. The van der Waals surface area contributed by atoms with Gasteiger partial charge in [0.1, 0.15) is 30.2 Å². The van der Waals surface area contributed by atoms with Crippen molar-refractivity contribution in [3.8, 4) is 0 Å². The highest BCUT2D eigenvalue weighted by molar-refractivity contribution is 5.97. The summed E-state index contributed by atoms with van der Waals surface area (Å²) in [6, 6.07) is -5.47. The first-order valence-corrected chi connectivity index (χ1v) is 18.9. The normalized spacial score (nSPS) is 22.2. The monoisotopic (exact) mass is 748 g/mol. The molecular weight excluding hydrogens is 688 g/mol. The number of nitrogens with one attached hydrogen (secondary N) is 5. The largest absolute Gasteiger partial charge is 0.480 e. The molecule has 0 saturated carbocycles. The minimum atomic E-state index is -1.12. The zero-order chi connectivity index (χ0) is 39.4. The number of amides is 6. The van der Waals surface area contributed by atoms with Crippen molar-refractivity contribution in [1.82, 2.24) is 36.0 Å². The maximum Gasteiger partial charge on any atom is 0.326 e. The molecule has 0 aromatic heterocycles. The summed E-state index contributed by atoms with van der Waals surface area (Å²) in [6.45, 7) is 8.35. The molecule has 3 aliphatic heterocycles. The Balaban J connectivity index is 1.71. The summed E-state index contributed by atoms with van der Waals surface area (Å²) in [5.41, 5.74) is 11.5. The van der Waals surface area contributed by atoms with E-state index in [1.165, 1.54) is 14.7 Å². The molecule has 7 atom stereocenters. The van der Waals surface area contributed by atoms with Crippen molar-refractivity contribution in [3.63, 3.8) is 0 Å². The Hall–Kier alpha value is -4.48. The molecule has 10 N–H and O–H groups in total. The second-order valence-electron chi connectivity index (χ2n) is 14.8. The smallest absolute Gasteiger partial charge is 0.326 e. The maximum absolute atomic E-state index is 14.2. The number of carboxylic acids is 1. The molecule has 7 unspecified atom stereocenters. The van der Waals surface area contributed by atoms with Gasteiger partial charge in [-0.05, 0) is 69.6 Å². The molecule has 0 spiro atoms. The van der Waals surface area contributed by atoms with Crippen molar-refractivity contribution in [2.24, 2.45) is 23.3 Å². The summed E-state index contributed by atoms with van der Waals surface area (Å²) in [5.74, 6) is -4.44. The predicted octanol–water partition coefficient (Wildman–Crippen LogP) is -1.19. The minimum Gasteiger partial charge on any atom is -0.480 e. The molecule has 6 amide bonds. The van der Waals surface area contributed by atoms with Gasteiger partial charge in [0, 0.05) is 26.2 Å². The Morgan fingerprint density at radius 1 is 0.811 bits per heavy atom. The van der Waals surface area contributed by atoms with Crippen LogP contribution in [0.5, 0.6) is 0 Å². The third-order valence-electron chi connectivity index (χ3n) is 10.4. The number of guanidine groups is 1. The molecule has 0 aromatic rings. The second kappa shape index (κ2) is 20.1. The quantitative estimate of drug-likeness (QED) is 0.0469. The van der Waals surface area contributed by atoms with Crippen molar-refractivity contribution in [2.75, 3.05) is 32.7 Å². The van der Waals surface area contributed by atoms with Crippen LogP contribution in [-0.2, 0) is 33.6 Å². The molecule has 3 rings (SSSR count). The van der Waals surface area contributed by atoms with E-state index in [2.05, 4.69) is 21.3 Å². The van der Waals surface area contributed by atoms with E-state index in [-0.39, 0.29) is 49.8 Å². The number of carboxylic acid groups (broad SMARTS) is 1. The van der Waals surface area contributed by atoms with Gasteiger partial charge in [-0.15, -0.1) is 0 Å². The lowest BCUT2D eigenvalue weighted by Crippen LogP contribution is -2.59. The van der Waals surface area contributed by atoms with Gasteiger partial charge in [0.25, 0.3) is 0 Å². The Bertz CT molecular complexity index is 1360. The zero-order valence-electron chi connectivity index (χ0n) is 31.5. The first-order chi connectivity index (χ1) is 25.1. The fourth-order valence-corrected chi connectivity index (χ4v) is 7.31. The van der Waals surface area contributed by atoms with Crippen LogP contribution in [0.2, 0.25) is 0 Å². The molecule has 3 aliphatic rings. The fraction of sp³-hybridized carbons (Fsp3) is 0.771. The number of nitrogens with two attached hydrogens (primary N) is 2. The molecule has 298 valence electrons. The van der Waals surface area contributed by atoms with Crippen LogP contribution in [0, 0.1) is 17.2 Å². The van der Waals surface area contributed by atoms with E-state index in [4.69, 9.17) is 16.9 Å². The van der Waals surface area contributed by atoms with Gasteiger partial charge < -0.3 is 52.5 Å². The van der Waals surface area contributed by atoms with Crippen LogP contribution >= 0.6 is 0 Å². The lowest BCUT2D eigenvalue weighted by atomic mass is 9.96. The highest BCUT2D eigenvalue weighted by Crippen LogP contribution is 2.24. The molecule has 18 heteroatoms. The predicted molar refractivity (Wildman–Crippen MR) is 195 cm³/mol. The van der Waals surface area contributed by atoms with E-state index in [0.29, 0.717) is 64.3 Å². The van der Waals surface area contributed by atoms with Crippen LogP contribution in [-0.4, -0.2) is 136 Å². The van der Waals surface area contributed by atoms with Gasteiger partial charge in [-0.25, -0.2) is 4.79 Å². The number of rotatable bonds is 18. The van der Waals surface area contributed by atoms with Crippen LogP contribution < -0.4 is 32.7 Å². The van der Waals surface area contributed by atoms with E-state index in [1.807, 2.05) is 27.7 Å². The molecule has 3 heterocycles. The number of hydrogen-bond acceptors (Lipinski definition) is 9. The van der Waals surface area contributed by atoms with E-state index in [1.54, 1.807) is 0 Å². The molecule has 0 radical (unpaired) electrons. The van der Waals surface area contributed by atoms with Gasteiger partial charge in [0.2, 0.25) is 35.4 Å². The molecular formula is C35H60N10O8. The third-order valence-corrected chi connectivity index (χ3v) is 10.4. The SMILES string of the molecule is CCC(C)C(NC(=O)C1CCCN1C(=O)C(N)CC(C)C)C(=O)N1CCCC1C(=O)NC(CCCNC(=N)N)C(=O)NCC(=O)N1CCCC1C(=O)O. The highest BCUT2D eigenvalue weighted by Gasteiger charge is 2.43. The summed E-state index contributed by atoms with van der Waals surface area (Å²) >= 11 is 0. The number of nitrogens with zero attached hydrogens (tertiary/aromatic N) is 3. The van der Waals surface area contributed by atoms with Gasteiger partial charge in [-0.2, -0.15) is 0 Å². The third kappa shape index (κ3) is 11.8. The number of likely N-dealkylation sites (tertiary alicyclic amines) is 3. The Labute approximate surface area is 311 Å². The van der Waals surface area contributed by atoms with E-state index in [9.17, 15) is 38.7 Å². The first-order valence-electron chi connectivity index (χ1n) is 18.9. The number of hydrogen-bond donors (Lipinski definition) is 8. The van der Waals surface area contributed by atoms with E-state index < -0.39 is 78.3 Å². The van der Waals surface area contributed by atoms with Gasteiger partial charge in [0.05, 0.1) is 12.6 Å². The fourth-order valence-electron chi connectivity index (χ4n) is 7.31. The molecule has 3 fully saturated rings.